The normalized spacial score (nSPS) is 31.3. The Morgan fingerprint density at radius 1 is 1.15 bits per heavy atom. The van der Waals surface area contributed by atoms with Gasteiger partial charge in [0, 0.05) is 16.7 Å². The van der Waals surface area contributed by atoms with E-state index in [9.17, 15) is 4.79 Å². The number of esters is 1. The van der Waals surface area contributed by atoms with Crippen molar-refractivity contribution < 1.29 is 19.0 Å². The molecule has 2 fully saturated rings. The van der Waals surface area contributed by atoms with Crippen molar-refractivity contribution in [1.29, 1.82) is 0 Å². The summed E-state index contributed by atoms with van der Waals surface area (Å²) in [6.07, 6.45) is 3.76. The van der Waals surface area contributed by atoms with Crippen molar-refractivity contribution >= 4 is 5.97 Å². The molecule has 0 aromatic heterocycles. The summed E-state index contributed by atoms with van der Waals surface area (Å²) in [7, 11) is 3.38. The maximum Gasteiger partial charge on any atom is 0.317 e. The van der Waals surface area contributed by atoms with E-state index in [-0.39, 0.29) is 23.4 Å². The summed E-state index contributed by atoms with van der Waals surface area (Å²) in [4.78, 5) is 13.2. The smallest absolute Gasteiger partial charge is 0.317 e. The molecule has 0 N–H and O–H groups in total. The monoisotopic (exact) mass is 358 g/mol. The van der Waals surface area contributed by atoms with Gasteiger partial charge in [0.1, 0.15) is 11.5 Å². The summed E-state index contributed by atoms with van der Waals surface area (Å²) in [6.45, 7) is 8.92. The molecule has 26 heavy (non-hydrogen) atoms. The molecule has 4 heteroatoms. The molecule has 2 bridgehead atoms. The number of ether oxygens (including phenoxy) is 3. The van der Waals surface area contributed by atoms with Gasteiger partial charge in [0.2, 0.25) is 0 Å². The third-order valence-electron chi connectivity index (χ3n) is 7.11. The van der Waals surface area contributed by atoms with Crippen molar-refractivity contribution in [2.24, 2.45) is 11.3 Å². The Hall–Kier alpha value is -1.71. The summed E-state index contributed by atoms with van der Waals surface area (Å²) < 4.78 is 17.6. The highest BCUT2D eigenvalue weighted by Gasteiger charge is 2.65. The topological polar surface area (TPSA) is 44.8 Å². The van der Waals surface area contributed by atoms with Crippen LogP contribution in [0.25, 0.3) is 0 Å². The maximum atomic E-state index is 13.2. The standard InChI is InChI=1S/C22H30O4/c1-12(2)13-10-14-15-11-16-21(3,4)8-7-9-22(16,20(23)26-15)17(14)19(25-6)18(13)24-5/h10,12,15-16H,7-9,11H2,1-6H3/t15?,16?,22-/m1/s1. The molecular formula is C22H30O4. The predicted molar refractivity (Wildman–Crippen MR) is 99.9 cm³/mol. The first-order valence-electron chi connectivity index (χ1n) is 9.78. The lowest BCUT2D eigenvalue weighted by Crippen LogP contribution is -2.59. The average molecular weight is 358 g/mol. The molecule has 2 heterocycles. The third-order valence-corrected chi connectivity index (χ3v) is 7.11. The van der Waals surface area contributed by atoms with Crippen molar-refractivity contribution in [3.05, 3.63) is 22.8 Å². The molecule has 3 atom stereocenters. The Bertz CT molecular complexity index is 764. The number of hydrogen-bond acceptors (Lipinski definition) is 4. The highest BCUT2D eigenvalue weighted by molar-refractivity contribution is 5.90. The lowest BCUT2D eigenvalue weighted by molar-refractivity contribution is -0.185. The maximum absolute atomic E-state index is 13.2. The predicted octanol–water partition coefficient (Wildman–Crippen LogP) is 4.89. The second-order valence-corrected chi connectivity index (χ2v) is 9.15. The largest absolute Gasteiger partial charge is 0.493 e. The van der Waals surface area contributed by atoms with E-state index in [0.717, 1.165) is 53.9 Å². The van der Waals surface area contributed by atoms with Crippen LogP contribution in [0.2, 0.25) is 0 Å². The first-order chi connectivity index (χ1) is 12.3. The van der Waals surface area contributed by atoms with Gasteiger partial charge in [-0.1, -0.05) is 34.1 Å². The highest BCUT2D eigenvalue weighted by atomic mass is 16.6. The van der Waals surface area contributed by atoms with Crippen LogP contribution in [0.15, 0.2) is 6.07 Å². The zero-order chi connectivity index (χ0) is 18.9. The second-order valence-electron chi connectivity index (χ2n) is 9.15. The molecule has 142 valence electrons. The summed E-state index contributed by atoms with van der Waals surface area (Å²) in [6, 6.07) is 2.21. The van der Waals surface area contributed by atoms with E-state index in [4.69, 9.17) is 14.2 Å². The van der Waals surface area contributed by atoms with Gasteiger partial charge in [-0.2, -0.15) is 0 Å². The Balaban J connectivity index is 2.06. The van der Waals surface area contributed by atoms with Crippen LogP contribution in [0.5, 0.6) is 11.5 Å². The fraction of sp³-hybridized carbons (Fsp3) is 0.682. The number of methoxy groups -OCH3 is 2. The van der Waals surface area contributed by atoms with Crippen molar-refractivity contribution in [2.75, 3.05) is 14.2 Å². The quantitative estimate of drug-likeness (QED) is 0.722. The Kier molecular flexibility index (Phi) is 3.84. The fourth-order valence-electron chi connectivity index (χ4n) is 5.92. The van der Waals surface area contributed by atoms with Crippen LogP contribution in [0.4, 0.5) is 0 Å². The van der Waals surface area contributed by atoms with Crippen molar-refractivity contribution in [1.82, 2.24) is 0 Å². The van der Waals surface area contributed by atoms with Gasteiger partial charge in [-0.05, 0) is 42.6 Å². The lowest BCUT2D eigenvalue weighted by Gasteiger charge is -2.59. The van der Waals surface area contributed by atoms with E-state index in [1.807, 2.05) is 0 Å². The molecule has 1 aromatic rings. The number of carbonyl (C=O) groups is 1. The molecule has 1 saturated heterocycles. The molecular weight excluding hydrogens is 328 g/mol. The Morgan fingerprint density at radius 3 is 2.46 bits per heavy atom. The molecule has 1 spiro atoms. The van der Waals surface area contributed by atoms with Gasteiger partial charge in [-0.25, -0.2) is 0 Å². The minimum atomic E-state index is -0.597. The molecule has 0 amide bonds. The molecule has 2 aliphatic carbocycles. The number of carbonyl (C=O) groups excluding carboxylic acids is 1. The van der Waals surface area contributed by atoms with Crippen molar-refractivity contribution in [3.8, 4) is 11.5 Å². The van der Waals surface area contributed by atoms with Crippen molar-refractivity contribution in [3.63, 3.8) is 0 Å². The zero-order valence-electron chi connectivity index (χ0n) is 16.8. The second kappa shape index (κ2) is 5.64. The molecule has 2 aliphatic heterocycles. The third kappa shape index (κ3) is 2.04. The van der Waals surface area contributed by atoms with E-state index in [2.05, 4.69) is 33.8 Å². The lowest BCUT2D eigenvalue weighted by atomic mass is 9.47. The Morgan fingerprint density at radius 2 is 1.85 bits per heavy atom. The molecule has 1 saturated carbocycles. The van der Waals surface area contributed by atoms with Gasteiger partial charge in [0.15, 0.2) is 11.5 Å². The SMILES string of the molecule is COc1c(C(C)C)cc2c(c1OC)[C@@]13CCCC(C)(C)C1CC2OC3=O. The summed E-state index contributed by atoms with van der Waals surface area (Å²) in [5.41, 5.74) is 2.82. The van der Waals surface area contributed by atoms with Crippen LogP contribution in [-0.4, -0.2) is 20.2 Å². The van der Waals surface area contributed by atoms with E-state index in [1.54, 1.807) is 14.2 Å². The summed E-state index contributed by atoms with van der Waals surface area (Å²) >= 11 is 0. The molecule has 4 nitrogen and oxygen atoms in total. The summed E-state index contributed by atoms with van der Waals surface area (Å²) in [5.74, 6) is 2.05. The molecule has 2 unspecified atom stereocenters. The summed E-state index contributed by atoms with van der Waals surface area (Å²) in [5, 5.41) is 0. The first-order valence-corrected chi connectivity index (χ1v) is 9.78. The van der Waals surface area contributed by atoms with Crippen LogP contribution in [-0.2, 0) is 14.9 Å². The van der Waals surface area contributed by atoms with E-state index < -0.39 is 5.41 Å². The zero-order valence-corrected chi connectivity index (χ0v) is 16.8. The number of hydrogen-bond donors (Lipinski definition) is 0. The van der Waals surface area contributed by atoms with Crippen LogP contribution >= 0.6 is 0 Å². The van der Waals surface area contributed by atoms with Crippen LogP contribution < -0.4 is 9.47 Å². The molecule has 1 aromatic carbocycles. The van der Waals surface area contributed by atoms with Crippen LogP contribution in [0, 0.1) is 11.3 Å². The van der Waals surface area contributed by atoms with Gasteiger partial charge in [-0.3, -0.25) is 4.79 Å². The van der Waals surface area contributed by atoms with Gasteiger partial charge in [0.25, 0.3) is 0 Å². The molecule has 4 aliphatic rings. The minimum absolute atomic E-state index is 0.0586. The van der Waals surface area contributed by atoms with Gasteiger partial charge in [-0.15, -0.1) is 0 Å². The van der Waals surface area contributed by atoms with Crippen molar-refractivity contribution in [2.45, 2.75) is 70.8 Å². The molecule has 0 radical (unpaired) electrons. The van der Waals surface area contributed by atoms with E-state index >= 15 is 0 Å². The highest BCUT2D eigenvalue weighted by Crippen LogP contribution is 2.66. The van der Waals surface area contributed by atoms with Gasteiger partial charge >= 0.3 is 5.97 Å². The number of benzene rings is 1. The van der Waals surface area contributed by atoms with Crippen LogP contribution in [0.3, 0.4) is 0 Å². The fourth-order valence-corrected chi connectivity index (χ4v) is 5.92. The number of fused-ring (bicyclic) bond motifs is 1. The van der Waals surface area contributed by atoms with Crippen LogP contribution in [0.1, 0.15) is 82.1 Å². The molecule has 5 rings (SSSR count). The minimum Gasteiger partial charge on any atom is -0.493 e. The first kappa shape index (κ1) is 17.7. The van der Waals surface area contributed by atoms with Gasteiger partial charge < -0.3 is 14.2 Å². The van der Waals surface area contributed by atoms with E-state index in [1.165, 1.54) is 0 Å². The Labute approximate surface area is 156 Å². The van der Waals surface area contributed by atoms with E-state index in [0.29, 0.717) is 5.92 Å². The van der Waals surface area contributed by atoms with Gasteiger partial charge in [0.05, 0.1) is 14.2 Å². The average Bonchev–Trinajstić information content (AvgIpc) is 2.59. The number of rotatable bonds is 3.